The fraction of sp³-hybridized carbons (Fsp3) is 0.231. The third-order valence-electron chi connectivity index (χ3n) is 1.95. The van der Waals surface area contributed by atoms with Gasteiger partial charge in [-0.05, 0) is 18.0 Å². The Balaban J connectivity index is 2.90. The molecule has 0 atom stereocenters. The molecule has 0 aliphatic rings. The first-order chi connectivity index (χ1) is 8.29. The van der Waals surface area contributed by atoms with E-state index in [2.05, 4.69) is 5.32 Å². The number of carboxylic acid groups (broad SMARTS) is 1. The summed E-state index contributed by atoms with van der Waals surface area (Å²) in [4.78, 5) is 22.7. The first-order valence-corrected chi connectivity index (χ1v) is 5.12. The van der Waals surface area contributed by atoms with Gasteiger partial charge in [0.15, 0.2) is 0 Å². The van der Waals surface area contributed by atoms with Crippen molar-refractivity contribution in [2.75, 3.05) is 0 Å². The number of amides is 1. The minimum absolute atomic E-state index is 0.288. The number of carbonyl (C=O) groups excluding carboxylic acids is 1. The molecule has 0 aromatic heterocycles. The van der Waals surface area contributed by atoms with E-state index in [1.54, 1.807) is 30.3 Å². The molecular weight excluding hydrogens is 218 g/mol. The van der Waals surface area contributed by atoms with E-state index >= 15 is 0 Å². The SMILES string of the molecule is [2H]C(C)(C)/C=C(\NC(=O)c1ccccc1)C(=O)O. The van der Waals surface area contributed by atoms with Crippen molar-refractivity contribution in [3.63, 3.8) is 0 Å². The molecule has 0 radical (unpaired) electrons. The summed E-state index contributed by atoms with van der Waals surface area (Å²) in [5.74, 6) is -2.84. The average Bonchev–Trinajstić information content (AvgIpc) is 2.27. The Morgan fingerprint density at radius 3 is 2.41 bits per heavy atom. The van der Waals surface area contributed by atoms with E-state index in [0.717, 1.165) is 0 Å². The van der Waals surface area contributed by atoms with E-state index in [0.29, 0.717) is 5.56 Å². The third kappa shape index (κ3) is 4.10. The van der Waals surface area contributed by atoms with Crippen LogP contribution >= 0.6 is 0 Å². The van der Waals surface area contributed by atoms with Gasteiger partial charge in [0.2, 0.25) is 0 Å². The quantitative estimate of drug-likeness (QED) is 0.783. The van der Waals surface area contributed by atoms with Crippen molar-refractivity contribution in [3.05, 3.63) is 47.7 Å². The maximum Gasteiger partial charge on any atom is 0.352 e. The summed E-state index contributed by atoms with van der Waals surface area (Å²) in [5, 5.41) is 11.3. The Kier molecular flexibility index (Phi) is 3.91. The van der Waals surface area contributed by atoms with Crippen molar-refractivity contribution in [3.8, 4) is 0 Å². The Bertz CT molecular complexity index is 475. The molecule has 0 unspecified atom stereocenters. The van der Waals surface area contributed by atoms with Gasteiger partial charge >= 0.3 is 5.97 Å². The first-order valence-electron chi connectivity index (χ1n) is 5.62. The van der Waals surface area contributed by atoms with Crippen LogP contribution in [-0.4, -0.2) is 17.0 Å². The van der Waals surface area contributed by atoms with E-state index in [9.17, 15) is 9.59 Å². The van der Waals surface area contributed by atoms with Gasteiger partial charge in [0, 0.05) is 6.93 Å². The molecule has 1 rings (SSSR count). The van der Waals surface area contributed by atoms with Crippen molar-refractivity contribution in [1.82, 2.24) is 5.32 Å². The standard InChI is InChI=1S/C13H15NO3/c1-9(2)8-11(13(16)17)14-12(15)10-6-4-3-5-7-10/h3-9H,1-2H3,(H,14,15)(H,16,17)/b11-8-/i9D. The minimum Gasteiger partial charge on any atom is -0.477 e. The predicted molar refractivity (Wildman–Crippen MR) is 64.5 cm³/mol. The Morgan fingerprint density at radius 2 is 1.94 bits per heavy atom. The average molecular weight is 234 g/mol. The first kappa shape index (κ1) is 11.4. The molecule has 2 N–H and O–H groups in total. The highest BCUT2D eigenvalue weighted by Crippen LogP contribution is 2.03. The van der Waals surface area contributed by atoms with Gasteiger partial charge < -0.3 is 10.4 Å². The van der Waals surface area contributed by atoms with Crippen LogP contribution in [0.4, 0.5) is 0 Å². The molecule has 0 saturated heterocycles. The van der Waals surface area contributed by atoms with Gasteiger partial charge in [-0.15, -0.1) is 0 Å². The number of benzene rings is 1. The summed E-state index contributed by atoms with van der Waals surface area (Å²) in [5.41, 5.74) is 0.0799. The van der Waals surface area contributed by atoms with E-state index in [1.165, 1.54) is 19.9 Å². The molecular formula is C13H15NO3. The molecule has 17 heavy (non-hydrogen) atoms. The van der Waals surface area contributed by atoms with Crippen LogP contribution in [0.25, 0.3) is 0 Å². The lowest BCUT2D eigenvalue weighted by Gasteiger charge is -2.07. The van der Waals surface area contributed by atoms with Gasteiger partial charge in [-0.1, -0.05) is 38.1 Å². The second kappa shape index (κ2) is 5.84. The highest BCUT2D eigenvalue weighted by molar-refractivity contribution is 6.00. The molecule has 90 valence electrons. The fourth-order valence-corrected chi connectivity index (χ4v) is 1.22. The van der Waals surface area contributed by atoms with Gasteiger partial charge in [0.1, 0.15) is 5.70 Å². The topological polar surface area (TPSA) is 66.4 Å². The molecule has 1 aromatic rings. The predicted octanol–water partition coefficient (Wildman–Crippen LogP) is 2.04. The molecule has 0 spiro atoms. The minimum atomic E-state index is -1.26. The van der Waals surface area contributed by atoms with Crippen LogP contribution < -0.4 is 5.32 Å². The normalized spacial score (nSPS) is 12.8. The van der Waals surface area contributed by atoms with E-state index in [1.807, 2.05) is 0 Å². The lowest BCUT2D eigenvalue weighted by Crippen LogP contribution is -2.27. The van der Waals surface area contributed by atoms with Crippen LogP contribution in [0.1, 0.15) is 25.6 Å². The summed E-state index contributed by atoms with van der Waals surface area (Å²) >= 11 is 0. The Labute approximate surface area is 101 Å². The summed E-state index contributed by atoms with van der Waals surface area (Å²) in [6.45, 7) is 3.06. The zero-order chi connectivity index (χ0) is 13.8. The van der Waals surface area contributed by atoms with E-state index < -0.39 is 17.8 Å². The number of rotatable bonds is 4. The Morgan fingerprint density at radius 1 is 1.35 bits per heavy atom. The number of allylic oxidation sites excluding steroid dienone is 1. The lowest BCUT2D eigenvalue weighted by molar-refractivity contribution is -0.133. The number of carbonyl (C=O) groups is 2. The van der Waals surface area contributed by atoms with Gasteiger partial charge in [0.25, 0.3) is 5.91 Å². The fourth-order valence-electron chi connectivity index (χ4n) is 1.22. The van der Waals surface area contributed by atoms with Gasteiger partial charge in [-0.25, -0.2) is 4.79 Å². The number of nitrogens with one attached hydrogen (secondary N) is 1. The van der Waals surface area contributed by atoms with Crippen LogP contribution in [0.15, 0.2) is 42.1 Å². The summed E-state index contributed by atoms with van der Waals surface area (Å²) in [6, 6.07) is 8.31. The monoisotopic (exact) mass is 234 g/mol. The van der Waals surface area contributed by atoms with Gasteiger partial charge in [-0.3, -0.25) is 4.79 Å². The van der Waals surface area contributed by atoms with E-state index in [-0.39, 0.29) is 5.70 Å². The highest BCUT2D eigenvalue weighted by atomic mass is 16.4. The number of aliphatic carboxylic acids is 1. The van der Waals surface area contributed by atoms with Crippen molar-refractivity contribution in [2.45, 2.75) is 13.8 Å². The zero-order valence-electron chi connectivity index (χ0n) is 10.7. The van der Waals surface area contributed by atoms with Gasteiger partial charge in [0.05, 0.1) is 0 Å². The van der Waals surface area contributed by atoms with Crippen molar-refractivity contribution < 1.29 is 16.1 Å². The molecule has 1 amide bonds. The molecule has 0 aliphatic carbocycles. The summed E-state index contributed by atoms with van der Waals surface area (Å²) < 4.78 is 7.61. The molecule has 0 saturated carbocycles. The molecule has 1 aromatic carbocycles. The summed E-state index contributed by atoms with van der Waals surface area (Å²) in [7, 11) is 0. The summed E-state index contributed by atoms with van der Waals surface area (Å²) in [6.07, 6.45) is 1.19. The molecule has 4 heteroatoms. The second-order valence-corrected chi connectivity index (χ2v) is 3.76. The maximum absolute atomic E-state index is 11.8. The largest absolute Gasteiger partial charge is 0.477 e. The van der Waals surface area contributed by atoms with Crippen LogP contribution in [-0.2, 0) is 4.79 Å². The van der Waals surface area contributed by atoms with Crippen LogP contribution in [0.5, 0.6) is 0 Å². The molecule has 0 fully saturated rings. The van der Waals surface area contributed by atoms with E-state index in [4.69, 9.17) is 6.48 Å². The molecule has 0 bridgehead atoms. The molecule has 4 nitrogen and oxygen atoms in total. The van der Waals surface area contributed by atoms with Crippen LogP contribution in [0, 0.1) is 5.89 Å². The Hall–Kier alpha value is -2.10. The highest BCUT2D eigenvalue weighted by Gasteiger charge is 2.13. The lowest BCUT2D eigenvalue weighted by atomic mass is 10.1. The number of carboxylic acids is 1. The van der Waals surface area contributed by atoms with Gasteiger partial charge in [-0.2, -0.15) is 0 Å². The molecule has 0 heterocycles. The van der Waals surface area contributed by atoms with Crippen LogP contribution in [0.3, 0.4) is 0 Å². The molecule has 0 aliphatic heterocycles. The number of hydrogen-bond acceptors (Lipinski definition) is 2. The van der Waals surface area contributed by atoms with Crippen molar-refractivity contribution >= 4 is 11.9 Å². The van der Waals surface area contributed by atoms with Crippen molar-refractivity contribution in [2.24, 2.45) is 5.89 Å². The van der Waals surface area contributed by atoms with Crippen LogP contribution in [0.2, 0.25) is 0 Å². The third-order valence-corrected chi connectivity index (χ3v) is 1.95. The smallest absolute Gasteiger partial charge is 0.352 e. The second-order valence-electron chi connectivity index (χ2n) is 3.76. The number of hydrogen-bond donors (Lipinski definition) is 2. The van der Waals surface area contributed by atoms with Crippen molar-refractivity contribution in [1.29, 1.82) is 0 Å². The zero-order valence-corrected chi connectivity index (χ0v) is 9.73. The maximum atomic E-state index is 11.8.